The highest BCUT2D eigenvalue weighted by molar-refractivity contribution is 7.90. The van der Waals surface area contributed by atoms with Crippen LogP contribution in [0.3, 0.4) is 0 Å². The van der Waals surface area contributed by atoms with Gasteiger partial charge in [-0.2, -0.15) is 5.10 Å². The van der Waals surface area contributed by atoms with Crippen molar-refractivity contribution in [2.24, 2.45) is 7.05 Å². The molecule has 108 valence electrons. The quantitative estimate of drug-likeness (QED) is 0.939. The van der Waals surface area contributed by atoms with Crippen molar-refractivity contribution in [1.82, 2.24) is 9.78 Å². The van der Waals surface area contributed by atoms with Gasteiger partial charge in [-0.15, -0.1) is 0 Å². The number of hydrogen-bond donors (Lipinski definition) is 1. The maximum Gasteiger partial charge on any atom is 0.175 e. The predicted molar refractivity (Wildman–Crippen MR) is 79.5 cm³/mol. The van der Waals surface area contributed by atoms with Gasteiger partial charge in [-0.1, -0.05) is 6.07 Å². The van der Waals surface area contributed by atoms with E-state index in [-0.39, 0.29) is 6.04 Å². The van der Waals surface area contributed by atoms with Gasteiger partial charge in [0.25, 0.3) is 0 Å². The molecular formula is C14H19N3O2S. The molecule has 5 nitrogen and oxygen atoms in total. The summed E-state index contributed by atoms with van der Waals surface area (Å²) in [6.07, 6.45) is 3.17. The summed E-state index contributed by atoms with van der Waals surface area (Å²) in [5, 5.41) is 7.62. The second-order valence-corrected chi connectivity index (χ2v) is 7.03. The molecule has 1 heterocycles. The average Bonchev–Trinajstić information content (AvgIpc) is 2.68. The van der Waals surface area contributed by atoms with Crippen molar-refractivity contribution in [3.8, 4) is 0 Å². The predicted octanol–water partition coefficient (Wildman–Crippen LogP) is 2.31. The molecule has 0 aliphatic rings. The van der Waals surface area contributed by atoms with Gasteiger partial charge in [0, 0.05) is 30.8 Å². The van der Waals surface area contributed by atoms with Gasteiger partial charge in [0.15, 0.2) is 9.84 Å². The molecule has 0 aliphatic carbocycles. The van der Waals surface area contributed by atoms with E-state index in [1.807, 2.05) is 33.2 Å². The van der Waals surface area contributed by atoms with Crippen molar-refractivity contribution >= 4 is 15.5 Å². The fraction of sp³-hybridized carbons (Fsp3) is 0.357. The molecule has 1 aromatic heterocycles. The molecule has 0 bridgehead atoms. The first-order chi connectivity index (χ1) is 9.27. The largest absolute Gasteiger partial charge is 0.378 e. The SMILES string of the molecule is Cc1nn(C)cc1C(C)Nc1cccc(S(C)(=O)=O)c1. The zero-order valence-corrected chi connectivity index (χ0v) is 12.9. The van der Waals surface area contributed by atoms with Crippen LogP contribution in [0.1, 0.15) is 24.2 Å². The van der Waals surface area contributed by atoms with Gasteiger partial charge in [0.2, 0.25) is 0 Å². The Hall–Kier alpha value is -1.82. The lowest BCUT2D eigenvalue weighted by atomic mass is 10.1. The van der Waals surface area contributed by atoms with E-state index in [0.717, 1.165) is 16.9 Å². The van der Waals surface area contributed by atoms with E-state index in [2.05, 4.69) is 10.4 Å². The Kier molecular flexibility index (Phi) is 3.85. The van der Waals surface area contributed by atoms with Gasteiger partial charge in [0.05, 0.1) is 16.6 Å². The molecule has 2 aromatic rings. The molecule has 1 aromatic carbocycles. The van der Waals surface area contributed by atoms with E-state index in [9.17, 15) is 8.42 Å². The molecule has 0 aliphatic heterocycles. The summed E-state index contributed by atoms with van der Waals surface area (Å²) in [5.41, 5.74) is 2.84. The highest BCUT2D eigenvalue weighted by Gasteiger charge is 2.13. The first-order valence-corrected chi connectivity index (χ1v) is 8.23. The third-order valence-corrected chi connectivity index (χ3v) is 4.27. The molecule has 0 fully saturated rings. The number of benzene rings is 1. The number of nitrogens with one attached hydrogen (secondary N) is 1. The molecule has 6 heteroatoms. The van der Waals surface area contributed by atoms with E-state index < -0.39 is 9.84 Å². The van der Waals surface area contributed by atoms with Gasteiger partial charge >= 0.3 is 0 Å². The van der Waals surface area contributed by atoms with Gasteiger partial charge in [-0.05, 0) is 32.0 Å². The van der Waals surface area contributed by atoms with Crippen molar-refractivity contribution < 1.29 is 8.42 Å². The lowest BCUT2D eigenvalue weighted by molar-refractivity contribution is 0.602. The van der Waals surface area contributed by atoms with Crippen molar-refractivity contribution in [2.45, 2.75) is 24.8 Å². The van der Waals surface area contributed by atoms with E-state index in [4.69, 9.17) is 0 Å². The molecule has 20 heavy (non-hydrogen) atoms. The van der Waals surface area contributed by atoms with Gasteiger partial charge < -0.3 is 5.32 Å². The summed E-state index contributed by atoms with van der Waals surface area (Å²) in [4.78, 5) is 0.317. The van der Waals surface area contributed by atoms with Crippen molar-refractivity contribution in [2.75, 3.05) is 11.6 Å². The van der Waals surface area contributed by atoms with Crippen molar-refractivity contribution in [3.63, 3.8) is 0 Å². The number of nitrogens with zero attached hydrogens (tertiary/aromatic N) is 2. The summed E-state index contributed by atoms with van der Waals surface area (Å²) in [7, 11) is -1.30. The standard InChI is InChI=1S/C14H19N3O2S/c1-10(14-9-17(3)16-11(14)2)15-12-6-5-7-13(8-12)20(4,18)19/h5-10,15H,1-4H3. The molecule has 0 amide bonds. The van der Waals surface area contributed by atoms with Crippen LogP contribution >= 0.6 is 0 Å². The van der Waals surface area contributed by atoms with Crippen LogP contribution in [0, 0.1) is 6.92 Å². The molecule has 0 saturated heterocycles. The number of rotatable bonds is 4. The van der Waals surface area contributed by atoms with Crippen LogP contribution in [0.15, 0.2) is 35.4 Å². The zero-order chi connectivity index (χ0) is 14.9. The number of anilines is 1. The summed E-state index contributed by atoms with van der Waals surface area (Å²) < 4.78 is 24.9. The zero-order valence-electron chi connectivity index (χ0n) is 12.1. The molecule has 1 unspecified atom stereocenters. The van der Waals surface area contributed by atoms with Crippen LogP contribution in [0.4, 0.5) is 5.69 Å². The molecule has 2 rings (SSSR count). The number of aryl methyl sites for hydroxylation is 2. The van der Waals surface area contributed by atoms with Crippen LogP contribution in [-0.4, -0.2) is 24.5 Å². The second kappa shape index (κ2) is 5.28. The Balaban J connectivity index is 2.24. The van der Waals surface area contributed by atoms with Crippen LogP contribution in [-0.2, 0) is 16.9 Å². The minimum absolute atomic E-state index is 0.0542. The van der Waals surface area contributed by atoms with E-state index in [1.165, 1.54) is 6.26 Å². The highest BCUT2D eigenvalue weighted by atomic mass is 32.2. The monoisotopic (exact) mass is 293 g/mol. The summed E-state index contributed by atoms with van der Waals surface area (Å²) in [5.74, 6) is 0. The Morgan fingerprint density at radius 3 is 2.60 bits per heavy atom. The average molecular weight is 293 g/mol. The van der Waals surface area contributed by atoms with E-state index >= 15 is 0 Å². The maximum absolute atomic E-state index is 11.6. The van der Waals surface area contributed by atoms with Gasteiger partial charge in [0.1, 0.15) is 0 Å². The first kappa shape index (κ1) is 14.6. The van der Waals surface area contributed by atoms with E-state index in [1.54, 1.807) is 22.9 Å². The van der Waals surface area contributed by atoms with Crippen LogP contribution in [0.25, 0.3) is 0 Å². The summed E-state index contributed by atoms with van der Waals surface area (Å²) in [6.45, 7) is 3.98. The maximum atomic E-state index is 11.6. The lowest BCUT2D eigenvalue weighted by Gasteiger charge is -2.15. The third-order valence-electron chi connectivity index (χ3n) is 3.16. The smallest absolute Gasteiger partial charge is 0.175 e. The molecular weight excluding hydrogens is 274 g/mol. The summed E-state index contributed by atoms with van der Waals surface area (Å²) >= 11 is 0. The topological polar surface area (TPSA) is 64.0 Å². The van der Waals surface area contributed by atoms with Crippen molar-refractivity contribution in [3.05, 3.63) is 41.7 Å². The van der Waals surface area contributed by atoms with Crippen molar-refractivity contribution in [1.29, 1.82) is 0 Å². The second-order valence-electron chi connectivity index (χ2n) is 5.01. The van der Waals surface area contributed by atoms with Gasteiger partial charge in [-0.25, -0.2) is 8.42 Å². The Morgan fingerprint density at radius 1 is 1.35 bits per heavy atom. The third kappa shape index (κ3) is 3.19. The molecule has 0 saturated carbocycles. The summed E-state index contributed by atoms with van der Waals surface area (Å²) in [6, 6.07) is 6.90. The highest BCUT2D eigenvalue weighted by Crippen LogP contribution is 2.23. The molecule has 0 spiro atoms. The number of sulfone groups is 1. The fourth-order valence-corrected chi connectivity index (χ4v) is 2.85. The molecule has 1 atom stereocenters. The fourth-order valence-electron chi connectivity index (χ4n) is 2.19. The van der Waals surface area contributed by atoms with E-state index in [0.29, 0.717) is 4.90 Å². The van der Waals surface area contributed by atoms with Crippen LogP contribution in [0.5, 0.6) is 0 Å². The minimum atomic E-state index is -3.19. The number of hydrogen-bond acceptors (Lipinski definition) is 4. The Labute approximate surface area is 119 Å². The first-order valence-electron chi connectivity index (χ1n) is 6.34. The van der Waals surface area contributed by atoms with Gasteiger partial charge in [-0.3, -0.25) is 4.68 Å². The van der Waals surface area contributed by atoms with Crippen LogP contribution < -0.4 is 5.32 Å². The van der Waals surface area contributed by atoms with Crippen LogP contribution in [0.2, 0.25) is 0 Å². The normalized spacial score (nSPS) is 13.2. The molecule has 1 N–H and O–H groups in total. The minimum Gasteiger partial charge on any atom is -0.378 e. The Bertz CT molecular complexity index is 720. The Morgan fingerprint density at radius 2 is 2.05 bits per heavy atom. The lowest BCUT2D eigenvalue weighted by Crippen LogP contribution is -2.08. The number of aromatic nitrogens is 2. The molecule has 0 radical (unpaired) electrons.